The highest BCUT2D eigenvalue weighted by atomic mass is 35.5. The van der Waals surface area contributed by atoms with E-state index in [1.807, 2.05) is 41.3 Å². The van der Waals surface area contributed by atoms with Crippen molar-refractivity contribution in [3.8, 4) is 23.0 Å². The maximum absolute atomic E-state index is 12.7. The van der Waals surface area contributed by atoms with Crippen molar-refractivity contribution in [3.63, 3.8) is 0 Å². The number of rotatable bonds is 8. The molecule has 2 aromatic rings. The normalized spacial score (nSPS) is 15.4. The second kappa shape index (κ2) is 9.74. The van der Waals surface area contributed by atoms with Gasteiger partial charge < -0.3 is 23.8 Å². The molecule has 1 unspecified atom stereocenters. The van der Waals surface area contributed by atoms with Gasteiger partial charge in [-0.1, -0.05) is 12.1 Å². The SMILES string of the molecule is COc1cc2c(cc1OC)C(COc1ccccc1OC)N(C(=O)CCCl)CC2. The number of amides is 1. The highest BCUT2D eigenvalue weighted by Crippen LogP contribution is 2.39. The lowest BCUT2D eigenvalue weighted by Crippen LogP contribution is -2.42. The van der Waals surface area contributed by atoms with Crippen molar-refractivity contribution < 1.29 is 23.7 Å². The van der Waals surface area contributed by atoms with Crippen molar-refractivity contribution in [1.82, 2.24) is 4.90 Å². The lowest BCUT2D eigenvalue weighted by molar-refractivity contribution is -0.134. The summed E-state index contributed by atoms with van der Waals surface area (Å²) in [6.07, 6.45) is 1.02. The van der Waals surface area contributed by atoms with Crippen LogP contribution in [0.15, 0.2) is 36.4 Å². The van der Waals surface area contributed by atoms with E-state index >= 15 is 0 Å². The van der Waals surface area contributed by atoms with Crippen LogP contribution in [0.2, 0.25) is 0 Å². The number of carbonyl (C=O) groups is 1. The average molecular weight is 420 g/mol. The molecule has 7 heteroatoms. The van der Waals surface area contributed by atoms with Crippen LogP contribution in [0, 0.1) is 0 Å². The lowest BCUT2D eigenvalue weighted by atomic mass is 9.92. The summed E-state index contributed by atoms with van der Waals surface area (Å²) in [6.45, 7) is 0.884. The smallest absolute Gasteiger partial charge is 0.224 e. The number of benzene rings is 2. The van der Waals surface area contributed by atoms with Crippen LogP contribution in [-0.2, 0) is 11.2 Å². The zero-order chi connectivity index (χ0) is 20.8. The van der Waals surface area contributed by atoms with Crippen LogP contribution >= 0.6 is 11.6 Å². The fourth-order valence-corrected chi connectivity index (χ4v) is 3.80. The molecule has 0 aromatic heterocycles. The van der Waals surface area contributed by atoms with Crippen molar-refractivity contribution in [3.05, 3.63) is 47.5 Å². The van der Waals surface area contributed by atoms with E-state index in [-0.39, 0.29) is 30.9 Å². The van der Waals surface area contributed by atoms with Crippen molar-refractivity contribution in [1.29, 1.82) is 0 Å². The predicted octanol–water partition coefficient (Wildman–Crippen LogP) is 3.85. The molecule has 6 nitrogen and oxygen atoms in total. The molecule has 0 spiro atoms. The average Bonchev–Trinajstić information content (AvgIpc) is 2.76. The molecule has 0 bridgehead atoms. The summed E-state index contributed by atoms with van der Waals surface area (Å²) in [6, 6.07) is 11.1. The monoisotopic (exact) mass is 419 g/mol. The first-order valence-electron chi connectivity index (χ1n) is 9.49. The maximum atomic E-state index is 12.7. The van der Waals surface area contributed by atoms with Crippen molar-refractivity contribution >= 4 is 17.5 Å². The number of para-hydroxylation sites is 2. The number of carbonyl (C=O) groups excluding carboxylic acids is 1. The van der Waals surface area contributed by atoms with Gasteiger partial charge in [-0.25, -0.2) is 0 Å². The third-order valence-electron chi connectivity index (χ3n) is 5.10. The molecule has 1 atom stereocenters. The predicted molar refractivity (Wildman–Crippen MR) is 112 cm³/mol. The first-order valence-corrected chi connectivity index (χ1v) is 10.0. The van der Waals surface area contributed by atoms with Crippen LogP contribution in [0.5, 0.6) is 23.0 Å². The van der Waals surface area contributed by atoms with Gasteiger partial charge in [0.15, 0.2) is 23.0 Å². The number of hydrogen-bond acceptors (Lipinski definition) is 5. The van der Waals surface area contributed by atoms with Crippen molar-refractivity contribution in [2.24, 2.45) is 0 Å². The highest BCUT2D eigenvalue weighted by molar-refractivity contribution is 6.18. The lowest BCUT2D eigenvalue weighted by Gasteiger charge is -2.37. The molecule has 0 fully saturated rings. The molecule has 1 aliphatic heterocycles. The Bertz CT molecular complexity index is 857. The van der Waals surface area contributed by atoms with Gasteiger partial charge in [0, 0.05) is 18.8 Å². The van der Waals surface area contributed by atoms with Crippen molar-refractivity contribution in [2.75, 3.05) is 40.4 Å². The third kappa shape index (κ3) is 4.53. The Morgan fingerprint density at radius 2 is 1.69 bits per heavy atom. The van der Waals surface area contributed by atoms with E-state index in [2.05, 4.69) is 0 Å². The van der Waals surface area contributed by atoms with Crippen LogP contribution in [0.3, 0.4) is 0 Å². The summed E-state index contributed by atoms with van der Waals surface area (Å²) in [7, 11) is 4.82. The van der Waals surface area contributed by atoms with E-state index in [0.717, 1.165) is 17.5 Å². The number of nitrogens with zero attached hydrogens (tertiary/aromatic N) is 1. The Morgan fingerprint density at radius 1 is 1.03 bits per heavy atom. The fourth-order valence-electron chi connectivity index (χ4n) is 3.64. The Kier molecular flexibility index (Phi) is 7.09. The van der Waals surface area contributed by atoms with E-state index < -0.39 is 0 Å². The molecule has 0 aliphatic carbocycles. The van der Waals surface area contributed by atoms with Crippen LogP contribution in [-0.4, -0.2) is 51.2 Å². The number of alkyl halides is 1. The van der Waals surface area contributed by atoms with E-state index in [9.17, 15) is 4.79 Å². The van der Waals surface area contributed by atoms with Gasteiger partial charge in [-0.05, 0) is 41.8 Å². The molecule has 1 aliphatic rings. The van der Waals surface area contributed by atoms with Gasteiger partial charge >= 0.3 is 0 Å². The zero-order valence-corrected chi connectivity index (χ0v) is 17.7. The van der Waals surface area contributed by atoms with E-state index in [0.29, 0.717) is 29.5 Å². The quantitative estimate of drug-likeness (QED) is 0.608. The van der Waals surface area contributed by atoms with Gasteiger partial charge in [0.1, 0.15) is 6.61 Å². The van der Waals surface area contributed by atoms with Crippen LogP contribution < -0.4 is 18.9 Å². The summed E-state index contributed by atoms with van der Waals surface area (Å²) in [5, 5.41) is 0. The fraction of sp³-hybridized carbons (Fsp3) is 0.409. The second-order valence-electron chi connectivity index (χ2n) is 6.66. The van der Waals surface area contributed by atoms with E-state index in [4.69, 9.17) is 30.5 Å². The number of ether oxygens (including phenoxy) is 4. The number of halogens is 1. The number of methoxy groups -OCH3 is 3. The summed E-state index contributed by atoms with van der Waals surface area (Å²) in [5.41, 5.74) is 2.11. The van der Waals surface area contributed by atoms with Gasteiger partial charge in [0.25, 0.3) is 0 Å². The highest BCUT2D eigenvalue weighted by Gasteiger charge is 2.32. The van der Waals surface area contributed by atoms with Gasteiger partial charge in [0.2, 0.25) is 5.91 Å². The maximum Gasteiger partial charge on any atom is 0.224 e. The molecule has 0 radical (unpaired) electrons. The molecule has 3 rings (SSSR count). The molecule has 1 heterocycles. The summed E-state index contributed by atoms with van der Waals surface area (Å²) in [5.74, 6) is 2.88. The molecule has 0 saturated carbocycles. The Hall–Kier alpha value is -2.60. The molecule has 1 amide bonds. The first kappa shape index (κ1) is 21.1. The molecule has 0 saturated heterocycles. The summed E-state index contributed by atoms with van der Waals surface area (Å²) in [4.78, 5) is 14.6. The second-order valence-corrected chi connectivity index (χ2v) is 7.04. The van der Waals surface area contributed by atoms with E-state index in [1.165, 1.54) is 0 Å². The third-order valence-corrected chi connectivity index (χ3v) is 5.29. The molecular weight excluding hydrogens is 394 g/mol. The topological polar surface area (TPSA) is 57.2 Å². The Balaban J connectivity index is 1.95. The minimum Gasteiger partial charge on any atom is -0.493 e. The van der Waals surface area contributed by atoms with Gasteiger partial charge in [-0.15, -0.1) is 11.6 Å². The minimum atomic E-state index is -0.265. The number of fused-ring (bicyclic) bond motifs is 1. The molecule has 2 aromatic carbocycles. The molecule has 0 N–H and O–H groups in total. The Morgan fingerprint density at radius 3 is 2.34 bits per heavy atom. The van der Waals surface area contributed by atoms with E-state index in [1.54, 1.807) is 21.3 Å². The van der Waals surface area contributed by atoms with Crippen LogP contribution in [0.25, 0.3) is 0 Å². The van der Waals surface area contributed by atoms with Gasteiger partial charge in [-0.3, -0.25) is 4.79 Å². The summed E-state index contributed by atoms with van der Waals surface area (Å²) < 4.78 is 22.4. The van der Waals surface area contributed by atoms with Crippen molar-refractivity contribution in [2.45, 2.75) is 18.9 Å². The van der Waals surface area contributed by atoms with Crippen LogP contribution in [0.1, 0.15) is 23.6 Å². The molecule has 29 heavy (non-hydrogen) atoms. The molecular formula is C22H26ClNO5. The first-order chi connectivity index (χ1) is 14.1. The van der Waals surface area contributed by atoms with Gasteiger partial charge in [-0.2, -0.15) is 0 Å². The number of hydrogen-bond donors (Lipinski definition) is 0. The zero-order valence-electron chi connectivity index (χ0n) is 16.9. The largest absolute Gasteiger partial charge is 0.493 e. The minimum absolute atomic E-state index is 0.00839. The standard InChI is InChI=1S/C22H26ClNO5/c1-26-18-6-4-5-7-19(18)29-14-17-16-13-21(28-3)20(27-2)12-15(16)9-11-24(17)22(25)8-10-23/h4-7,12-13,17H,8-11,14H2,1-3H3. The van der Waals surface area contributed by atoms with Crippen LogP contribution in [0.4, 0.5) is 0 Å². The van der Waals surface area contributed by atoms with Gasteiger partial charge in [0.05, 0.1) is 27.4 Å². The summed E-state index contributed by atoms with van der Waals surface area (Å²) >= 11 is 5.83. The Labute approximate surface area is 176 Å². The molecule has 156 valence electrons.